The van der Waals surface area contributed by atoms with Crippen LogP contribution in [0.2, 0.25) is 0 Å². The van der Waals surface area contributed by atoms with Crippen molar-refractivity contribution in [1.82, 2.24) is 4.98 Å². The minimum atomic E-state index is -0.474. The molecule has 1 aliphatic rings. The molecule has 0 spiro atoms. The largest absolute Gasteiger partial charge is 0.389 e. The molecule has 0 aliphatic heterocycles. The van der Waals surface area contributed by atoms with E-state index >= 15 is 0 Å². The van der Waals surface area contributed by atoms with Crippen molar-refractivity contribution in [2.75, 3.05) is 0 Å². The number of aliphatic hydroxyl groups is 1. The van der Waals surface area contributed by atoms with E-state index in [0.29, 0.717) is 5.92 Å². The summed E-state index contributed by atoms with van der Waals surface area (Å²) in [4.78, 5) is 4.22. The van der Waals surface area contributed by atoms with Gasteiger partial charge in [0.15, 0.2) is 0 Å². The molecule has 1 fully saturated rings. The third-order valence-corrected chi connectivity index (χ3v) is 3.67. The maximum atomic E-state index is 10.3. The zero-order valence-corrected chi connectivity index (χ0v) is 8.68. The zero-order valence-electron chi connectivity index (χ0n) is 7.86. The van der Waals surface area contributed by atoms with Crippen molar-refractivity contribution in [1.29, 1.82) is 0 Å². The Hall–Kier alpha value is -0.410. The van der Waals surface area contributed by atoms with Gasteiger partial charge >= 0.3 is 0 Å². The molecule has 1 unspecified atom stereocenters. The second kappa shape index (κ2) is 3.39. The quantitative estimate of drug-likeness (QED) is 0.803. The first-order valence-electron chi connectivity index (χ1n) is 4.85. The van der Waals surface area contributed by atoms with Gasteiger partial charge in [0.05, 0.1) is 10.6 Å². The fraction of sp³-hybridized carbons (Fsp3) is 0.700. The molecule has 13 heavy (non-hydrogen) atoms. The Balaban J connectivity index is 2.05. The lowest BCUT2D eigenvalue weighted by Crippen LogP contribution is -2.33. The predicted octanol–water partition coefficient (Wildman–Crippen LogP) is 2.24. The van der Waals surface area contributed by atoms with Gasteiger partial charge in [-0.25, -0.2) is 4.98 Å². The first-order chi connectivity index (χ1) is 6.24. The van der Waals surface area contributed by atoms with Crippen molar-refractivity contribution in [2.24, 2.45) is 5.92 Å². The van der Waals surface area contributed by atoms with E-state index in [2.05, 4.69) is 11.9 Å². The molecule has 1 atom stereocenters. The summed E-state index contributed by atoms with van der Waals surface area (Å²) in [6.45, 7) is 2.06. The average molecular weight is 197 g/mol. The Kier molecular flexibility index (Phi) is 2.39. The highest BCUT2D eigenvalue weighted by Crippen LogP contribution is 2.43. The first kappa shape index (κ1) is 9.16. The van der Waals surface area contributed by atoms with Crippen molar-refractivity contribution in [3.05, 3.63) is 16.6 Å². The smallest absolute Gasteiger partial charge is 0.0953 e. The molecule has 3 heteroatoms. The van der Waals surface area contributed by atoms with E-state index in [1.807, 2.05) is 11.6 Å². The monoisotopic (exact) mass is 197 g/mol. The van der Waals surface area contributed by atoms with Crippen LogP contribution in [-0.4, -0.2) is 15.7 Å². The Morgan fingerprint density at radius 1 is 1.69 bits per heavy atom. The second-order valence-corrected chi connectivity index (χ2v) is 4.81. The van der Waals surface area contributed by atoms with E-state index in [0.717, 1.165) is 17.8 Å². The molecule has 1 aliphatic carbocycles. The van der Waals surface area contributed by atoms with Crippen LogP contribution in [0.3, 0.4) is 0 Å². The van der Waals surface area contributed by atoms with E-state index in [4.69, 9.17) is 0 Å². The van der Waals surface area contributed by atoms with Gasteiger partial charge in [-0.3, -0.25) is 0 Å². The van der Waals surface area contributed by atoms with Crippen LogP contribution in [0.15, 0.2) is 11.6 Å². The normalized spacial score (nSPS) is 21.4. The van der Waals surface area contributed by atoms with Crippen LogP contribution in [0.25, 0.3) is 0 Å². The molecule has 1 saturated carbocycles. The zero-order chi connectivity index (χ0) is 9.31. The number of rotatable bonds is 4. The third-order valence-electron chi connectivity index (χ3n) is 2.89. The highest BCUT2D eigenvalue weighted by molar-refractivity contribution is 7.09. The molecule has 1 N–H and O–H groups in total. The number of hydrogen-bond acceptors (Lipinski definition) is 3. The summed E-state index contributed by atoms with van der Waals surface area (Å²) in [5.74, 6) is 0.529. The molecule has 0 radical (unpaired) electrons. The predicted molar refractivity (Wildman–Crippen MR) is 53.8 cm³/mol. The molecular formula is C10H15NOS. The van der Waals surface area contributed by atoms with Crippen LogP contribution < -0.4 is 0 Å². The minimum absolute atomic E-state index is 0.474. The molecular weight excluding hydrogens is 182 g/mol. The summed E-state index contributed by atoms with van der Waals surface area (Å²) in [5, 5.41) is 13.3. The lowest BCUT2D eigenvalue weighted by Gasteiger charge is -2.25. The van der Waals surface area contributed by atoms with Crippen LogP contribution in [0.4, 0.5) is 0 Å². The topological polar surface area (TPSA) is 33.1 Å². The van der Waals surface area contributed by atoms with Crippen LogP contribution >= 0.6 is 11.3 Å². The maximum absolute atomic E-state index is 10.3. The van der Waals surface area contributed by atoms with Crippen molar-refractivity contribution >= 4 is 11.3 Å². The summed E-state index contributed by atoms with van der Waals surface area (Å²) in [7, 11) is 0. The van der Waals surface area contributed by atoms with E-state index < -0.39 is 5.60 Å². The van der Waals surface area contributed by atoms with Gasteiger partial charge in [0, 0.05) is 18.0 Å². The maximum Gasteiger partial charge on any atom is 0.0953 e. The van der Waals surface area contributed by atoms with Gasteiger partial charge in [0.1, 0.15) is 0 Å². The first-order valence-corrected chi connectivity index (χ1v) is 5.73. The molecule has 1 aromatic rings. The molecule has 1 aromatic heterocycles. The number of nitrogens with zero attached hydrogens (tertiary/aromatic N) is 1. The van der Waals surface area contributed by atoms with Crippen LogP contribution in [0, 0.1) is 5.92 Å². The molecule has 2 rings (SSSR count). The molecule has 0 aromatic carbocycles. The summed E-state index contributed by atoms with van der Waals surface area (Å²) in [6, 6.07) is 0. The van der Waals surface area contributed by atoms with Gasteiger partial charge in [0.25, 0.3) is 0 Å². The summed E-state index contributed by atoms with van der Waals surface area (Å²) >= 11 is 1.64. The van der Waals surface area contributed by atoms with Gasteiger partial charge in [-0.2, -0.15) is 0 Å². The van der Waals surface area contributed by atoms with Crippen molar-refractivity contribution in [3.63, 3.8) is 0 Å². The Morgan fingerprint density at radius 3 is 2.92 bits per heavy atom. The standard InChI is InChI=1S/C10H15NOS/c1-2-10(12,8-3-4-8)7-9-11-5-6-13-9/h5-6,8,12H,2-4,7H2,1H3. The fourth-order valence-electron chi connectivity index (χ4n) is 1.78. The molecule has 2 nitrogen and oxygen atoms in total. The number of hydrogen-bond donors (Lipinski definition) is 1. The Bertz CT molecular complexity index is 268. The van der Waals surface area contributed by atoms with Crippen molar-refractivity contribution in [2.45, 2.75) is 38.2 Å². The van der Waals surface area contributed by atoms with E-state index in [9.17, 15) is 5.11 Å². The Morgan fingerprint density at radius 2 is 2.46 bits per heavy atom. The van der Waals surface area contributed by atoms with Gasteiger partial charge < -0.3 is 5.11 Å². The van der Waals surface area contributed by atoms with E-state index in [1.54, 1.807) is 11.3 Å². The summed E-state index contributed by atoms with van der Waals surface area (Å²) < 4.78 is 0. The summed E-state index contributed by atoms with van der Waals surface area (Å²) in [6.07, 6.45) is 5.78. The molecule has 1 heterocycles. The molecule has 0 bridgehead atoms. The SMILES string of the molecule is CCC(O)(Cc1nccs1)C1CC1. The lowest BCUT2D eigenvalue weighted by molar-refractivity contribution is 0.0139. The van der Waals surface area contributed by atoms with Gasteiger partial charge in [0.2, 0.25) is 0 Å². The van der Waals surface area contributed by atoms with E-state index in [1.165, 1.54) is 12.8 Å². The van der Waals surface area contributed by atoms with Crippen LogP contribution in [0.5, 0.6) is 0 Å². The van der Waals surface area contributed by atoms with Crippen molar-refractivity contribution in [3.8, 4) is 0 Å². The summed E-state index contributed by atoms with van der Waals surface area (Å²) in [5.41, 5.74) is -0.474. The van der Waals surface area contributed by atoms with Gasteiger partial charge in [-0.1, -0.05) is 6.92 Å². The highest BCUT2D eigenvalue weighted by Gasteiger charge is 2.42. The number of thiazole rings is 1. The highest BCUT2D eigenvalue weighted by atomic mass is 32.1. The third kappa shape index (κ3) is 1.92. The van der Waals surface area contributed by atoms with Crippen LogP contribution in [0.1, 0.15) is 31.2 Å². The number of aromatic nitrogens is 1. The van der Waals surface area contributed by atoms with Crippen LogP contribution in [-0.2, 0) is 6.42 Å². The van der Waals surface area contributed by atoms with Gasteiger partial charge in [-0.05, 0) is 25.2 Å². The second-order valence-electron chi connectivity index (χ2n) is 3.83. The molecule has 0 saturated heterocycles. The van der Waals surface area contributed by atoms with Crippen molar-refractivity contribution < 1.29 is 5.11 Å². The average Bonchev–Trinajstić information content (AvgIpc) is 2.88. The molecule has 0 amide bonds. The van der Waals surface area contributed by atoms with Gasteiger partial charge in [-0.15, -0.1) is 11.3 Å². The van der Waals surface area contributed by atoms with E-state index in [-0.39, 0.29) is 0 Å². The Labute approximate surface area is 82.6 Å². The molecule has 72 valence electrons. The fourth-order valence-corrected chi connectivity index (χ4v) is 2.51. The lowest BCUT2D eigenvalue weighted by atomic mass is 9.91. The minimum Gasteiger partial charge on any atom is -0.389 e.